The second-order valence-corrected chi connectivity index (χ2v) is 1.60. The average Bonchev–Trinajstić information content (AvgIpc) is 1.85. The summed E-state index contributed by atoms with van der Waals surface area (Å²) in [4.78, 5) is 4.09. The third kappa shape index (κ3) is 5.00. The van der Waals surface area contributed by atoms with Gasteiger partial charge in [0.25, 0.3) is 0 Å². The fourth-order valence-electron chi connectivity index (χ4n) is 0.448. The lowest BCUT2D eigenvalue weighted by Gasteiger charge is -1.87. The minimum atomic E-state index is 0.821. The molecule has 0 spiro atoms. The lowest BCUT2D eigenvalue weighted by molar-refractivity contribution is 0.909. The highest BCUT2D eigenvalue weighted by atomic mass is 15.3. The summed E-state index contributed by atoms with van der Waals surface area (Å²) in [5.74, 6) is 0. The molecule has 3 heteroatoms. The molecule has 0 bridgehead atoms. The van der Waals surface area contributed by atoms with E-state index in [1.54, 1.807) is 13.3 Å². The second kappa shape index (κ2) is 5.28. The SMILES string of the molecule is CCN=C(C)/C=N/NC. The van der Waals surface area contributed by atoms with Crippen LogP contribution in [0.25, 0.3) is 0 Å². The van der Waals surface area contributed by atoms with E-state index >= 15 is 0 Å². The maximum Gasteiger partial charge on any atom is 0.0675 e. The summed E-state index contributed by atoms with van der Waals surface area (Å²) in [6.45, 7) is 4.74. The van der Waals surface area contributed by atoms with E-state index in [0.29, 0.717) is 0 Å². The highest BCUT2D eigenvalue weighted by Crippen LogP contribution is 1.71. The zero-order chi connectivity index (χ0) is 7.11. The molecule has 0 amide bonds. The standard InChI is InChI=1S/C6H13N3/c1-4-8-6(2)5-9-7-3/h5,7H,4H2,1-3H3/b8-6?,9-5+. The van der Waals surface area contributed by atoms with Gasteiger partial charge in [-0.25, -0.2) is 0 Å². The van der Waals surface area contributed by atoms with Crippen molar-refractivity contribution in [3.05, 3.63) is 0 Å². The zero-order valence-corrected chi connectivity index (χ0v) is 6.18. The quantitative estimate of drug-likeness (QED) is 0.439. The average molecular weight is 127 g/mol. The van der Waals surface area contributed by atoms with Gasteiger partial charge in [-0.15, -0.1) is 0 Å². The first-order chi connectivity index (χ1) is 4.31. The molecule has 0 aromatic rings. The van der Waals surface area contributed by atoms with Gasteiger partial charge >= 0.3 is 0 Å². The zero-order valence-electron chi connectivity index (χ0n) is 6.18. The lowest BCUT2D eigenvalue weighted by Crippen LogP contribution is -2.00. The summed E-state index contributed by atoms with van der Waals surface area (Å²) in [5, 5.41) is 3.78. The van der Waals surface area contributed by atoms with Gasteiger partial charge in [0.15, 0.2) is 0 Å². The maximum atomic E-state index is 4.09. The van der Waals surface area contributed by atoms with Crippen LogP contribution in [0, 0.1) is 0 Å². The highest BCUT2D eigenvalue weighted by Gasteiger charge is 1.78. The van der Waals surface area contributed by atoms with E-state index in [1.165, 1.54) is 0 Å². The monoisotopic (exact) mass is 127 g/mol. The van der Waals surface area contributed by atoms with Crippen molar-refractivity contribution < 1.29 is 0 Å². The summed E-state index contributed by atoms with van der Waals surface area (Å²) in [7, 11) is 1.76. The predicted molar refractivity (Wildman–Crippen MR) is 41.2 cm³/mol. The Morgan fingerprint density at radius 2 is 2.33 bits per heavy atom. The minimum Gasteiger partial charge on any atom is -0.313 e. The molecule has 0 saturated heterocycles. The Balaban J connectivity index is 3.60. The molecule has 0 aliphatic rings. The molecule has 0 aromatic heterocycles. The minimum absolute atomic E-state index is 0.821. The number of hydrazone groups is 1. The molecule has 52 valence electrons. The lowest BCUT2D eigenvalue weighted by atomic mass is 10.5. The summed E-state index contributed by atoms with van der Waals surface area (Å²) < 4.78 is 0. The van der Waals surface area contributed by atoms with Gasteiger partial charge in [-0.05, 0) is 13.8 Å². The number of hydrogen-bond acceptors (Lipinski definition) is 3. The van der Waals surface area contributed by atoms with Crippen molar-refractivity contribution in [3.63, 3.8) is 0 Å². The van der Waals surface area contributed by atoms with E-state index in [0.717, 1.165) is 12.3 Å². The van der Waals surface area contributed by atoms with Crippen LogP contribution >= 0.6 is 0 Å². The van der Waals surface area contributed by atoms with Crippen LogP contribution in [0.4, 0.5) is 0 Å². The van der Waals surface area contributed by atoms with Crippen molar-refractivity contribution >= 4 is 11.9 Å². The van der Waals surface area contributed by atoms with Crippen LogP contribution in [-0.4, -0.2) is 25.5 Å². The summed E-state index contributed by atoms with van der Waals surface area (Å²) in [5.41, 5.74) is 3.60. The normalized spacial score (nSPS) is 12.6. The molecular formula is C6H13N3. The Morgan fingerprint density at radius 1 is 1.67 bits per heavy atom. The fraction of sp³-hybridized carbons (Fsp3) is 0.667. The molecular weight excluding hydrogens is 114 g/mol. The number of nitrogens with zero attached hydrogens (tertiary/aromatic N) is 2. The van der Waals surface area contributed by atoms with E-state index in [-0.39, 0.29) is 0 Å². The number of rotatable bonds is 3. The van der Waals surface area contributed by atoms with E-state index in [1.807, 2.05) is 13.8 Å². The molecule has 0 unspecified atom stereocenters. The van der Waals surface area contributed by atoms with Crippen LogP contribution in [0.2, 0.25) is 0 Å². The molecule has 0 aliphatic carbocycles. The molecule has 0 saturated carbocycles. The predicted octanol–water partition coefficient (Wildman–Crippen LogP) is 0.672. The topological polar surface area (TPSA) is 36.8 Å². The van der Waals surface area contributed by atoms with Gasteiger partial charge in [0.1, 0.15) is 0 Å². The van der Waals surface area contributed by atoms with Crippen molar-refractivity contribution in [2.24, 2.45) is 10.1 Å². The second-order valence-electron chi connectivity index (χ2n) is 1.60. The number of hydrogen-bond donors (Lipinski definition) is 1. The van der Waals surface area contributed by atoms with Crippen molar-refractivity contribution in [2.45, 2.75) is 13.8 Å². The third-order valence-electron chi connectivity index (χ3n) is 0.788. The van der Waals surface area contributed by atoms with E-state index in [9.17, 15) is 0 Å². The Bertz CT molecular complexity index is 115. The summed E-state index contributed by atoms with van der Waals surface area (Å²) in [6.07, 6.45) is 1.70. The van der Waals surface area contributed by atoms with Crippen LogP contribution in [0.1, 0.15) is 13.8 Å². The molecule has 0 rings (SSSR count). The first kappa shape index (κ1) is 8.14. The number of nitrogens with one attached hydrogen (secondary N) is 1. The van der Waals surface area contributed by atoms with Gasteiger partial charge in [-0.3, -0.25) is 4.99 Å². The summed E-state index contributed by atoms with van der Waals surface area (Å²) >= 11 is 0. The number of aliphatic imine (C=N–C) groups is 1. The highest BCUT2D eigenvalue weighted by molar-refractivity contribution is 6.29. The molecule has 3 nitrogen and oxygen atoms in total. The van der Waals surface area contributed by atoms with Gasteiger partial charge in [-0.2, -0.15) is 5.10 Å². The molecule has 1 N–H and O–H groups in total. The van der Waals surface area contributed by atoms with Crippen LogP contribution in [0.3, 0.4) is 0 Å². The van der Waals surface area contributed by atoms with Gasteiger partial charge < -0.3 is 5.43 Å². The first-order valence-electron chi connectivity index (χ1n) is 3.02. The Hall–Kier alpha value is -0.860. The molecule has 9 heavy (non-hydrogen) atoms. The molecule has 0 aliphatic heterocycles. The van der Waals surface area contributed by atoms with E-state index in [2.05, 4.69) is 15.5 Å². The summed E-state index contributed by atoms with van der Waals surface area (Å²) in [6, 6.07) is 0. The van der Waals surface area contributed by atoms with Crippen LogP contribution in [0.5, 0.6) is 0 Å². The molecule has 0 heterocycles. The Kier molecular flexibility index (Phi) is 4.78. The largest absolute Gasteiger partial charge is 0.313 e. The molecule has 0 fully saturated rings. The van der Waals surface area contributed by atoms with Crippen molar-refractivity contribution in [1.29, 1.82) is 0 Å². The van der Waals surface area contributed by atoms with E-state index in [4.69, 9.17) is 0 Å². The van der Waals surface area contributed by atoms with Crippen molar-refractivity contribution in [2.75, 3.05) is 13.6 Å². The van der Waals surface area contributed by atoms with Gasteiger partial charge in [0, 0.05) is 13.6 Å². The van der Waals surface area contributed by atoms with Gasteiger partial charge in [-0.1, -0.05) is 0 Å². The van der Waals surface area contributed by atoms with Crippen molar-refractivity contribution in [1.82, 2.24) is 5.43 Å². The maximum absolute atomic E-state index is 4.09. The van der Waals surface area contributed by atoms with Crippen LogP contribution in [-0.2, 0) is 0 Å². The van der Waals surface area contributed by atoms with E-state index < -0.39 is 0 Å². The van der Waals surface area contributed by atoms with Crippen LogP contribution in [0.15, 0.2) is 10.1 Å². The third-order valence-corrected chi connectivity index (χ3v) is 0.788. The Morgan fingerprint density at radius 3 is 2.78 bits per heavy atom. The first-order valence-corrected chi connectivity index (χ1v) is 3.02. The smallest absolute Gasteiger partial charge is 0.0675 e. The van der Waals surface area contributed by atoms with Gasteiger partial charge in [0.05, 0.1) is 11.9 Å². The fourth-order valence-corrected chi connectivity index (χ4v) is 0.448. The van der Waals surface area contributed by atoms with Gasteiger partial charge in [0.2, 0.25) is 0 Å². The molecule has 0 atom stereocenters. The molecule has 0 aromatic carbocycles. The molecule has 0 radical (unpaired) electrons. The Labute approximate surface area is 55.9 Å². The van der Waals surface area contributed by atoms with Crippen LogP contribution < -0.4 is 5.43 Å². The van der Waals surface area contributed by atoms with Crippen molar-refractivity contribution in [3.8, 4) is 0 Å².